The van der Waals surface area contributed by atoms with Crippen molar-refractivity contribution in [2.75, 3.05) is 12.8 Å². The van der Waals surface area contributed by atoms with E-state index in [1.165, 1.54) is 25.3 Å². The van der Waals surface area contributed by atoms with Gasteiger partial charge in [0.2, 0.25) is 0 Å². The van der Waals surface area contributed by atoms with E-state index in [0.29, 0.717) is 11.4 Å². The average molecular weight is 178 g/mol. The van der Waals surface area contributed by atoms with Crippen LogP contribution in [0, 0.1) is 5.82 Å². The second-order valence-electron chi connectivity index (χ2n) is 1.89. The van der Waals surface area contributed by atoms with E-state index in [1.54, 1.807) is 0 Å². The van der Waals surface area contributed by atoms with Crippen LogP contribution in [0.3, 0.4) is 0 Å². The van der Waals surface area contributed by atoms with Crippen molar-refractivity contribution in [3.63, 3.8) is 0 Å². The summed E-state index contributed by atoms with van der Waals surface area (Å²) in [5.41, 5.74) is 5.69. The number of halogens is 2. The first kappa shape index (κ1) is 10.0. The molecule has 0 radical (unpaired) electrons. The number of nitrogens with two attached hydrogens (primary N) is 1. The van der Waals surface area contributed by atoms with Crippen LogP contribution in [0.1, 0.15) is 0 Å². The van der Waals surface area contributed by atoms with Gasteiger partial charge in [0.05, 0.1) is 12.8 Å². The summed E-state index contributed by atoms with van der Waals surface area (Å²) >= 11 is 0. The summed E-state index contributed by atoms with van der Waals surface area (Å²) in [6.07, 6.45) is 0. The van der Waals surface area contributed by atoms with E-state index in [4.69, 9.17) is 10.5 Å². The highest BCUT2D eigenvalue weighted by molar-refractivity contribution is 5.85. The van der Waals surface area contributed by atoms with E-state index < -0.39 is 0 Å². The molecule has 2 N–H and O–H groups in total. The molecule has 0 unspecified atom stereocenters. The van der Waals surface area contributed by atoms with E-state index in [0.717, 1.165) is 0 Å². The summed E-state index contributed by atoms with van der Waals surface area (Å²) < 4.78 is 17.2. The SMILES string of the molecule is COc1ccc(F)cc1N.Cl. The van der Waals surface area contributed by atoms with Crippen LogP contribution >= 0.6 is 12.4 Å². The van der Waals surface area contributed by atoms with Crippen LogP contribution < -0.4 is 10.5 Å². The summed E-state index contributed by atoms with van der Waals surface area (Å²) in [5.74, 6) is 0.153. The highest BCUT2D eigenvalue weighted by Crippen LogP contribution is 2.20. The predicted octanol–water partition coefficient (Wildman–Crippen LogP) is 1.84. The normalized spacial score (nSPS) is 8.55. The fraction of sp³-hybridized carbons (Fsp3) is 0.143. The molecule has 11 heavy (non-hydrogen) atoms. The number of ether oxygens (including phenoxy) is 1. The quantitative estimate of drug-likeness (QED) is 0.665. The molecule has 0 fully saturated rings. The van der Waals surface area contributed by atoms with Gasteiger partial charge in [0.25, 0.3) is 0 Å². The number of rotatable bonds is 1. The molecule has 0 saturated heterocycles. The monoisotopic (exact) mass is 177 g/mol. The molecule has 0 saturated carbocycles. The van der Waals surface area contributed by atoms with Crippen molar-refractivity contribution in [3.05, 3.63) is 24.0 Å². The summed E-state index contributed by atoms with van der Waals surface area (Å²) in [6.45, 7) is 0. The third kappa shape index (κ3) is 2.27. The Balaban J connectivity index is 0.000001000. The predicted molar refractivity (Wildman–Crippen MR) is 44.6 cm³/mol. The highest BCUT2D eigenvalue weighted by atomic mass is 35.5. The molecule has 0 aliphatic heterocycles. The Morgan fingerprint density at radius 3 is 2.55 bits per heavy atom. The minimum absolute atomic E-state index is 0. The van der Waals surface area contributed by atoms with Crippen molar-refractivity contribution in [2.24, 2.45) is 0 Å². The molecule has 0 heterocycles. The molecule has 2 nitrogen and oxygen atoms in total. The number of methoxy groups -OCH3 is 1. The van der Waals surface area contributed by atoms with E-state index in [2.05, 4.69) is 0 Å². The first-order valence-electron chi connectivity index (χ1n) is 2.83. The third-order valence-electron chi connectivity index (χ3n) is 1.19. The lowest BCUT2D eigenvalue weighted by molar-refractivity contribution is 0.416. The molecular formula is C7H9ClFNO. The molecule has 62 valence electrons. The summed E-state index contributed by atoms with van der Waals surface area (Å²) in [4.78, 5) is 0. The molecule has 4 heteroatoms. The Bertz CT molecular complexity index is 242. The maximum absolute atomic E-state index is 12.3. The Kier molecular flexibility index (Phi) is 3.68. The second-order valence-corrected chi connectivity index (χ2v) is 1.89. The molecule has 1 aromatic rings. The van der Waals surface area contributed by atoms with Gasteiger partial charge in [-0.15, -0.1) is 12.4 Å². The standard InChI is InChI=1S/C7H8FNO.ClH/c1-10-7-3-2-5(8)4-6(7)9;/h2-4H,9H2,1H3;1H. The van der Waals surface area contributed by atoms with Gasteiger partial charge in [-0.1, -0.05) is 0 Å². The van der Waals surface area contributed by atoms with E-state index in [1.807, 2.05) is 0 Å². The Morgan fingerprint density at radius 2 is 2.09 bits per heavy atom. The zero-order valence-electron chi connectivity index (χ0n) is 6.00. The van der Waals surface area contributed by atoms with E-state index in [9.17, 15) is 4.39 Å². The molecule has 0 amide bonds. The first-order chi connectivity index (χ1) is 4.74. The maximum Gasteiger partial charge on any atom is 0.141 e. The Labute approximate surface area is 70.6 Å². The molecule has 0 aliphatic carbocycles. The molecule has 1 aromatic carbocycles. The minimum atomic E-state index is -0.349. The van der Waals surface area contributed by atoms with Gasteiger partial charge in [-0.3, -0.25) is 0 Å². The molecule has 1 rings (SSSR count). The van der Waals surface area contributed by atoms with Gasteiger partial charge in [0.1, 0.15) is 11.6 Å². The van der Waals surface area contributed by atoms with Crippen LogP contribution in [0.4, 0.5) is 10.1 Å². The summed E-state index contributed by atoms with van der Waals surface area (Å²) in [6, 6.07) is 4.01. The maximum atomic E-state index is 12.3. The molecule has 0 aromatic heterocycles. The Hall–Kier alpha value is -0.960. The number of hydrogen-bond acceptors (Lipinski definition) is 2. The van der Waals surface area contributed by atoms with Gasteiger partial charge < -0.3 is 10.5 Å². The fourth-order valence-electron chi connectivity index (χ4n) is 0.705. The van der Waals surface area contributed by atoms with Crippen molar-refractivity contribution in [1.29, 1.82) is 0 Å². The molecule has 0 atom stereocenters. The number of hydrogen-bond donors (Lipinski definition) is 1. The molecule has 0 spiro atoms. The third-order valence-corrected chi connectivity index (χ3v) is 1.19. The fourth-order valence-corrected chi connectivity index (χ4v) is 0.705. The van der Waals surface area contributed by atoms with Crippen LogP contribution in [0.25, 0.3) is 0 Å². The van der Waals surface area contributed by atoms with Gasteiger partial charge in [0, 0.05) is 6.07 Å². The van der Waals surface area contributed by atoms with Gasteiger partial charge in [-0.05, 0) is 12.1 Å². The summed E-state index contributed by atoms with van der Waals surface area (Å²) in [7, 11) is 1.49. The highest BCUT2D eigenvalue weighted by Gasteiger charge is 1.97. The van der Waals surface area contributed by atoms with Crippen LogP contribution in [0.2, 0.25) is 0 Å². The van der Waals surface area contributed by atoms with Crippen molar-refractivity contribution in [3.8, 4) is 5.75 Å². The van der Waals surface area contributed by atoms with Crippen molar-refractivity contribution >= 4 is 18.1 Å². The van der Waals surface area contributed by atoms with E-state index >= 15 is 0 Å². The lowest BCUT2D eigenvalue weighted by Crippen LogP contribution is -1.92. The van der Waals surface area contributed by atoms with E-state index in [-0.39, 0.29) is 18.2 Å². The van der Waals surface area contributed by atoms with Gasteiger partial charge >= 0.3 is 0 Å². The molecule has 0 bridgehead atoms. The van der Waals surface area contributed by atoms with Crippen LogP contribution in [0.15, 0.2) is 18.2 Å². The topological polar surface area (TPSA) is 35.2 Å². The molecule has 0 aliphatic rings. The number of benzene rings is 1. The largest absolute Gasteiger partial charge is 0.495 e. The second kappa shape index (κ2) is 4.03. The van der Waals surface area contributed by atoms with Crippen molar-refractivity contribution in [1.82, 2.24) is 0 Å². The summed E-state index contributed by atoms with van der Waals surface area (Å²) in [5, 5.41) is 0. The minimum Gasteiger partial charge on any atom is -0.495 e. The van der Waals surface area contributed by atoms with Crippen molar-refractivity contribution < 1.29 is 9.13 Å². The number of anilines is 1. The average Bonchev–Trinajstić information content (AvgIpc) is 1.88. The lowest BCUT2D eigenvalue weighted by atomic mass is 10.3. The first-order valence-corrected chi connectivity index (χ1v) is 2.83. The van der Waals surface area contributed by atoms with Crippen molar-refractivity contribution in [2.45, 2.75) is 0 Å². The van der Waals surface area contributed by atoms with Gasteiger partial charge in [-0.25, -0.2) is 4.39 Å². The zero-order chi connectivity index (χ0) is 7.56. The van der Waals surface area contributed by atoms with Gasteiger partial charge in [0.15, 0.2) is 0 Å². The van der Waals surface area contributed by atoms with Crippen LogP contribution in [-0.2, 0) is 0 Å². The van der Waals surface area contributed by atoms with Crippen LogP contribution in [0.5, 0.6) is 5.75 Å². The smallest absolute Gasteiger partial charge is 0.141 e. The van der Waals surface area contributed by atoms with Gasteiger partial charge in [-0.2, -0.15) is 0 Å². The van der Waals surface area contributed by atoms with Crippen LogP contribution in [-0.4, -0.2) is 7.11 Å². The molecular weight excluding hydrogens is 169 g/mol. The lowest BCUT2D eigenvalue weighted by Gasteiger charge is -2.01. The number of nitrogen functional groups attached to an aromatic ring is 1. The zero-order valence-corrected chi connectivity index (χ0v) is 6.82. The Morgan fingerprint density at radius 1 is 1.45 bits per heavy atom.